The van der Waals surface area contributed by atoms with E-state index in [0.717, 1.165) is 24.0 Å². The Morgan fingerprint density at radius 2 is 1.72 bits per heavy atom. The Bertz CT molecular complexity index is 959. The summed E-state index contributed by atoms with van der Waals surface area (Å²) in [6.45, 7) is 2.13. The van der Waals surface area contributed by atoms with Crippen LogP contribution >= 0.6 is 11.6 Å². The second-order valence-electron chi connectivity index (χ2n) is 6.50. The zero-order valence-corrected chi connectivity index (χ0v) is 14.6. The van der Waals surface area contributed by atoms with Crippen LogP contribution in [0.2, 0.25) is 5.02 Å². The average molecular weight is 355 g/mol. The van der Waals surface area contributed by atoms with E-state index in [0.29, 0.717) is 28.1 Å². The van der Waals surface area contributed by atoms with Crippen LogP contribution in [0.25, 0.3) is 22.3 Å². The topological polar surface area (TPSA) is 0 Å². The van der Waals surface area contributed by atoms with Crippen LogP contribution in [0.15, 0.2) is 48.5 Å². The van der Waals surface area contributed by atoms with Crippen molar-refractivity contribution < 1.29 is 8.78 Å². The van der Waals surface area contributed by atoms with E-state index in [9.17, 15) is 4.39 Å². The average Bonchev–Trinajstić information content (AvgIpc) is 2.95. The monoisotopic (exact) mass is 354 g/mol. The van der Waals surface area contributed by atoms with Crippen molar-refractivity contribution in [1.29, 1.82) is 0 Å². The molecule has 0 bridgehead atoms. The summed E-state index contributed by atoms with van der Waals surface area (Å²) in [7, 11) is 0. The van der Waals surface area contributed by atoms with Crippen LogP contribution in [0.4, 0.5) is 8.78 Å². The number of rotatable bonds is 3. The summed E-state index contributed by atoms with van der Waals surface area (Å²) >= 11 is 5.89. The Labute approximate surface area is 151 Å². The van der Waals surface area contributed by atoms with Crippen LogP contribution in [0, 0.1) is 11.6 Å². The molecule has 0 saturated heterocycles. The molecular weight excluding hydrogens is 338 g/mol. The van der Waals surface area contributed by atoms with Crippen molar-refractivity contribution in [3.05, 3.63) is 81.9 Å². The maximum Gasteiger partial charge on any atom is 0.138 e. The molecule has 0 unspecified atom stereocenters. The Hall–Kier alpha value is -2.19. The van der Waals surface area contributed by atoms with E-state index in [2.05, 4.69) is 19.1 Å². The SMILES string of the molecule is CCCc1ccc2c(c1)Cc1c-2cc(F)c(-c2ccc(Cl)cc2)c1F. The van der Waals surface area contributed by atoms with Crippen LogP contribution in [0.1, 0.15) is 30.0 Å². The van der Waals surface area contributed by atoms with Gasteiger partial charge in [0, 0.05) is 17.0 Å². The quantitative estimate of drug-likeness (QED) is 0.379. The van der Waals surface area contributed by atoms with Crippen LogP contribution < -0.4 is 0 Å². The van der Waals surface area contributed by atoms with Crippen molar-refractivity contribution in [3.63, 3.8) is 0 Å². The number of hydrogen-bond acceptors (Lipinski definition) is 0. The lowest BCUT2D eigenvalue weighted by atomic mass is 9.97. The maximum absolute atomic E-state index is 15.2. The molecule has 0 atom stereocenters. The van der Waals surface area contributed by atoms with Gasteiger partial charge in [0.15, 0.2) is 0 Å². The standard InChI is InChI=1S/C22H17ClF2/c1-2-3-13-4-9-17-15(10-13)11-19-18(17)12-20(24)21(22(19)25)14-5-7-16(23)8-6-14/h4-10,12H,2-3,11H2,1H3. The van der Waals surface area contributed by atoms with Gasteiger partial charge in [-0.05, 0) is 52.4 Å². The number of aryl methyl sites for hydroxylation is 1. The van der Waals surface area contributed by atoms with Gasteiger partial charge < -0.3 is 0 Å². The van der Waals surface area contributed by atoms with E-state index < -0.39 is 11.6 Å². The highest BCUT2D eigenvalue weighted by Crippen LogP contribution is 2.42. The third-order valence-corrected chi connectivity index (χ3v) is 5.07. The molecule has 0 radical (unpaired) electrons. The van der Waals surface area contributed by atoms with Crippen molar-refractivity contribution >= 4 is 11.6 Å². The van der Waals surface area contributed by atoms with Gasteiger partial charge in [0.25, 0.3) is 0 Å². The van der Waals surface area contributed by atoms with Crippen LogP contribution in [0.3, 0.4) is 0 Å². The lowest BCUT2D eigenvalue weighted by molar-refractivity contribution is 0.583. The van der Waals surface area contributed by atoms with Gasteiger partial charge in [-0.2, -0.15) is 0 Å². The molecule has 3 aromatic rings. The van der Waals surface area contributed by atoms with Crippen molar-refractivity contribution in [1.82, 2.24) is 0 Å². The van der Waals surface area contributed by atoms with E-state index >= 15 is 4.39 Å². The molecule has 0 nitrogen and oxygen atoms in total. The predicted octanol–water partition coefficient (Wildman–Crippen LogP) is 6.81. The number of halogens is 3. The minimum atomic E-state index is -0.538. The minimum Gasteiger partial charge on any atom is -0.206 e. The lowest BCUT2D eigenvalue weighted by Crippen LogP contribution is -1.96. The van der Waals surface area contributed by atoms with Crippen molar-refractivity contribution in [2.45, 2.75) is 26.2 Å². The van der Waals surface area contributed by atoms with Crippen LogP contribution in [-0.4, -0.2) is 0 Å². The molecule has 4 rings (SSSR count). The second-order valence-corrected chi connectivity index (χ2v) is 6.94. The first kappa shape index (κ1) is 16.3. The van der Waals surface area contributed by atoms with Gasteiger partial charge in [-0.1, -0.05) is 55.3 Å². The normalized spacial score (nSPS) is 12.2. The smallest absolute Gasteiger partial charge is 0.138 e. The molecule has 1 aliphatic carbocycles. The first-order chi connectivity index (χ1) is 12.1. The first-order valence-corrected chi connectivity index (χ1v) is 8.85. The van der Waals surface area contributed by atoms with Gasteiger partial charge >= 0.3 is 0 Å². The second kappa shape index (κ2) is 6.27. The van der Waals surface area contributed by atoms with Gasteiger partial charge in [0.2, 0.25) is 0 Å². The largest absolute Gasteiger partial charge is 0.206 e. The molecule has 0 aliphatic heterocycles. The van der Waals surface area contributed by atoms with Gasteiger partial charge in [-0.15, -0.1) is 0 Å². The zero-order chi connectivity index (χ0) is 17.6. The Balaban J connectivity index is 1.84. The van der Waals surface area contributed by atoms with Crippen LogP contribution in [0.5, 0.6) is 0 Å². The van der Waals surface area contributed by atoms with Crippen molar-refractivity contribution in [2.75, 3.05) is 0 Å². The lowest BCUT2D eigenvalue weighted by Gasteiger charge is -2.10. The highest BCUT2D eigenvalue weighted by molar-refractivity contribution is 6.30. The number of hydrogen-bond donors (Lipinski definition) is 0. The molecule has 126 valence electrons. The zero-order valence-electron chi connectivity index (χ0n) is 13.9. The highest BCUT2D eigenvalue weighted by atomic mass is 35.5. The van der Waals surface area contributed by atoms with E-state index in [1.807, 2.05) is 6.07 Å². The fourth-order valence-corrected chi connectivity index (χ4v) is 3.77. The molecule has 0 saturated carbocycles. The third kappa shape index (κ3) is 2.75. The maximum atomic E-state index is 15.2. The van der Waals surface area contributed by atoms with Gasteiger partial charge in [-0.25, -0.2) is 8.78 Å². The third-order valence-electron chi connectivity index (χ3n) is 4.82. The molecule has 3 heteroatoms. The Kier molecular flexibility index (Phi) is 4.09. The van der Waals surface area contributed by atoms with E-state index in [-0.39, 0.29) is 5.56 Å². The molecule has 0 aromatic heterocycles. The van der Waals surface area contributed by atoms with E-state index in [1.54, 1.807) is 24.3 Å². The summed E-state index contributed by atoms with van der Waals surface area (Å²) in [5, 5.41) is 0.543. The fraction of sp³-hybridized carbons (Fsp3) is 0.182. The van der Waals surface area contributed by atoms with E-state index in [1.165, 1.54) is 11.6 Å². The van der Waals surface area contributed by atoms with Gasteiger partial charge in [0.1, 0.15) is 11.6 Å². The molecule has 0 amide bonds. The molecule has 0 fully saturated rings. The molecule has 0 N–H and O–H groups in total. The summed E-state index contributed by atoms with van der Waals surface area (Å²) in [6, 6.07) is 14.2. The summed E-state index contributed by atoms with van der Waals surface area (Å²) in [5.41, 5.74) is 5.04. The molecule has 3 aromatic carbocycles. The molecular formula is C22H17ClF2. The summed E-state index contributed by atoms with van der Waals surface area (Å²) in [4.78, 5) is 0. The van der Waals surface area contributed by atoms with Crippen LogP contribution in [-0.2, 0) is 12.8 Å². The molecule has 0 heterocycles. The Morgan fingerprint density at radius 1 is 0.960 bits per heavy atom. The minimum absolute atomic E-state index is 0.0250. The fourth-order valence-electron chi connectivity index (χ4n) is 3.64. The summed E-state index contributed by atoms with van der Waals surface area (Å²) in [5.74, 6) is -1.00. The van der Waals surface area contributed by atoms with E-state index in [4.69, 9.17) is 11.6 Å². The van der Waals surface area contributed by atoms with Gasteiger partial charge in [0.05, 0.1) is 5.56 Å². The van der Waals surface area contributed by atoms with Gasteiger partial charge in [-0.3, -0.25) is 0 Å². The number of benzene rings is 3. The Morgan fingerprint density at radius 3 is 2.44 bits per heavy atom. The first-order valence-electron chi connectivity index (χ1n) is 8.47. The summed E-state index contributed by atoms with van der Waals surface area (Å²) < 4.78 is 29.9. The molecule has 25 heavy (non-hydrogen) atoms. The summed E-state index contributed by atoms with van der Waals surface area (Å²) in [6.07, 6.45) is 2.57. The predicted molar refractivity (Wildman–Crippen MR) is 99.0 cm³/mol. The number of fused-ring (bicyclic) bond motifs is 3. The molecule has 1 aliphatic rings. The van der Waals surface area contributed by atoms with Crippen molar-refractivity contribution in [3.8, 4) is 22.3 Å². The molecule has 0 spiro atoms. The highest BCUT2D eigenvalue weighted by Gasteiger charge is 2.26. The van der Waals surface area contributed by atoms with Crippen molar-refractivity contribution in [2.24, 2.45) is 0 Å².